The number of carbonyl (C=O) groups excluding carboxylic acids is 1. The summed E-state index contributed by atoms with van der Waals surface area (Å²) in [6.45, 7) is 0. The maximum absolute atomic E-state index is 13.6. The lowest BCUT2D eigenvalue weighted by Gasteiger charge is -2.14. The first kappa shape index (κ1) is 14.3. The van der Waals surface area contributed by atoms with Crippen molar-refractivity contribution < 1.29 is 9.18 Å². The smallest absolute Gasteiger partial charge is 0.258 e. The van der Waals surface area contributed by atoms with Gasteiger partial charge < -0.3 is 10.2 Å². The summed E-state index contributed by atoms with van der Waals surface area (Å²) in [6.07, 6.45) is 0. The van der Waals surface area contributed by atoms with Crippen LogP contribution in [0.3, 0.4) is 0 Å². The summed E-state index contributed by atoms with van der Waals surface area (Å²) in [5.74, 6) is -1.13. The highest BCUT2D eigenvalue weighted by Crippen LogP contribution is 2.20. The Labute approximate surface area is 122 Å². The highest BCUT2D eigenvalue weighted by atomic mass is 35.5. The molecule has 2 rings (SSSR count). The molecule has 0 aliphatic carbocycles. The summed E-state index contributed by atoms with van der Waals surface area (Å²) in [5.41, 5.74) is 1.46. The van der Waals surface area contributed by atoms with Gasteiger partial charge in [-0.15, -0.1) is 0 Å². The van der Waals surface area contributed by atoms with Crippen LogP contribution in [-0.4, -0.2) is 20.0 Å². The summed E-state index contributed by atoms with van der Waals surface area (Å²) in [5, 5.41) is 2.98. The third kappa shape index (κ3) is 3.27. The van der Waals surface area contributed by atoms with Crippen molar-refractivity contribution in [2.75, 3.05) is 24.3 Å². The van der Waals surface area contributed by atoms with Crippen LogP contribution in [0.25, 0.3) is 0 Å². The third-order valence-electron chi connectivity index (χ3n) is 2.79. The molecular weight excluding hydrogens is 279 g/mol. The molecule has 0 aliphatic heterocycles. The third-order valence-corrected chi connectivity index (χ3v) is 3.03. The molecule has 0 heterocycles. The van der Waals surface area contributed by atoms with Crippen LogP contribution >= 0.6 is 11.6 Å². The molecule has 0 unspecified atom stereocenters. The number of halogens is 2. The fourth-order valence-corrected chi connectivity index (χ4v) is 1.90. The van der Waals surface area contributed by atoms with Gasteiger partial charge >= 0.3 is 0 Å². The first-order valence-electron chi connectivity index (χ1n) is 6.01. The van der Waals surface area contributed by atoms with Crippen molar-refractivity contribution in [2.45, 2.75) is 0 Å². The van der Waals surface area contributed by atoms with E-state index in [4.69, 9.17) is 11.6 Å². The topological polar surface area (TPSA) is 32.3 Å². The van der Waals surface area contributed by atoms with E-state index in [0.29, 0.717) is 10.7 Å². The predicted molar refractivity (Wildman–Crippen MR) is 80.1 cm³/mol. The average molecular weight is 293 g/mol. The Morgan fingerprint density at radius 2 is 1.95 bits per heavy atom. The van der Waals surface area contributed by atoms with Crippen LogP contribution in [0.5, 0.6) is 0 Å². The molecule has 2 aromatic rings. The fraction of sp³-hybridized carbons (Fsp3) is 0.133. The standard InChI is InChI=1S/C15H14ClFN2O/c1-19(2)12-5-3-4-11(9-12)18-15(20)13-8-10(16)6-7-14(13)17/h3-9H,1-2H3,(H,18,20). The number of nitrogens with one attached hydrogen (secondary N) is 1. The Hall–Kier alpha value is -2.07. The zero-order valence-corrected chi connectivity index (χ0v) is 11.9. The molecule has 0 aromatic heterocycles. The van der Waals surface area contributed by atoms with Gasteiger partial charge in [0, 0.05) is 30.5 Å². The summed E-state index contributed by atoms with van der Waals surface area (Å²) in [4.78, 5) is 14.0. The normalized spacial score (nSPS) is 10.2. The number of amides is 1. The number of nitrogens with zero attached hydrogens (tertiary/aromatic N) is 1. The Morgan fingerprint density at radius 1 is 1.20 bits per heavy atom. The largest absolute Gasteiger partial charge is 0.378 e. The molecule has 0 aliphatic rings. The van der Waals surface area contributed by atoms with Gasteiger partial charge in [0.25, 0.3) is 5.91 Å². The Morgan fingerprint density at radius 3 is 2.65 bits per heavy atom. The fourth-order valence-electron chi connectivity index (χ4n) is 1.73. The van der Waals surface area contributed by atoms with Gasteiger partial charge in [-0.3, -0.25) is 4.79 Å². The second kappa shape index (κ2) is 5.92. The highest BCUT2D eigenvalue weighted by Gasteiger charge is 2.12. The van der Waals surface area contributed by atoms with Crippen LogP contribution in [0, 0.1) is 5.82 Å². The molecule has 0 saturated carbocycles. The van der Waals surface area contributed by atoms with E-state index < -0.39 is 11.7 Å². The molecule has 0 bridgehead atoms. The van der Waals surface area contributed by atoms with E-state index in [1.807, 2.05) is 31.1 Å². The van der Waals surface area contributed by atoms with Crippen LogP contribution in [0.4, 0.5) is 15.8 Å². The zero-order valence-electron chi connectivity index (χ0n) is 11.2. The minimum atomic E-state index is -0.601. The molecule has 20 heavy (non-hydrogen) atoms. The second-order valence-corrected chi connectivity index (χ2v) is 4.96. The molecule has 0 radical (unpaired) electrons. The van der Waals surface area contributed by atoms with Crippen molar-refractivity contribution in [1.29, 1.82) is 0 Å². The number of hydrogen-bond acceptors (Lipinski definition) is 2. The van der Waals surface area contributed by atoms with Crippen molar-refractivity contribution in [3.05, 3.63) is 58.9 Å². The van der Waals surface area contributed by atoms with E-state index in [9.17, 15) is 9.18 Å². The lowest BCUT2D eigenvalue weighted by molar-refractivity contribution is 0.102. The van der Waals surface area contributed by atoms with Crippen molar-refractivity contribution in [3.63, 3.8) is 0 Å². The van der Waals surface area contributed by atoms with E-state index in [2.05, 4.69) is 5.32 Å². The summed E-state index contributed by atoms with van der Waals surface area (Å²) < 4.78 is 13.6. The molecule has 1 amide bonds. The Balaban J connectivity index is 2.23. The Kier molecular flexibility index (Phi) is 4.25. The van der Waals surface area contributed by atoms with E-state index in [-0.39, 0.29) is 5.56 Å². The van der Waals surface area contributed by atoms with Crippen LogP contribution < -0.4 is 10.2 Å². The van der Waals surface area contributed by atoms with Crippen LogP contribution in [-0.2, 0) is 0 Å². The molecule has 0 spiro atoms. The minimum Gasteiger partial charge on any atom is -0.378 e. The van der Waals surface area contributed by atoms with E-state index in [0.717, 1.165) is 5.69 Å². The average Bonchev–Trinajstić information content (AvgIpc) is 2.41. The molecule has 1 N–H and O–H groups in total. The molecular formula is C15H14ClFN2O. The van der Waals surface area contributed by atoms with Gasteiger partial charge in [0.15, 0.2) is 0 Å². The predicted octanol–water partition coefficient (Wildman–Crippen LogP) is 3.80. The number of hydrogen-bond donors (Lipinski definition) is 1. The Bertz CT molecular complexity index is 644. The van der Waals surface area contributed by atoms with Crippen LogP contribution in [0.15, 0.2) is 42.5 Å². The zero-order chi connectivity index (χ0) is 14.7. The maximum Gasteiger partial charge on any atom is 0.258 e. The SMILES string of the molecule is CN(C)c1cccc(NC(=O)c2cc(Cl)ccc2F)c1. The monoisotopic (exact) mass is 292 g/mol. The molecule has 3 nitrogen and oxygen atoms in total. The molecule has 2 aromatic carbocycles. The molecule has 5 heteroatoms. The number of benzene rings is 2. The molecule has 0 fully saturated rings. The van der Waals surface area contributed by atoms with E-state index in [1.165, 1.54) is 18.2 Å². The van der Waals surface area contributed by atoms with Crippen molar-refractivity contribution >= 4 is 28.9 Å². The molecule has 0 saturated heterocycles. The van der Waals surface area contributed by atoms with Gasteiger partial charge in [0.2, 0.25) is 0 Å². The van der Waals surface area contributed by atoms with Crippen molar-refractivity contribution in [1.82, 2.24) is 0 Å². The lowest BCUT2D eigenvalue weighted by Crippen LogP contribution is -2.14. The van der Waals surface area contributed by atoms with Crippen LogP contribution in [0.1, 0.15) is 10.4 Å². The quantitative estimate of drug-likeness (QED) is 0.933. The summed E-state index contributed by atoms with van der Waals surface area (Å²) in [7, 11) is 3.80. The maximum atomic E-state index is 13.6. The van der Waals surface area contributed by atoms with Gasteiger partial charge in [-0.05, 0) is 36.4 Å². The number of carbonyl (C=O) groups is 1. The van der Waals surface area contributed by atoms with Gasteiger partial charge in [0.05, 0.1) is 5.56 Å². The number of rotatable bonds is 3. The summed E-state index contributed by atoms with van der Waals surface area (Å²) in [6, 6.07) is 11.2. The van der Waals surface area contributed by atoms with Gasteiger partial charge in [-0.1, -0.05) is 17.7 Å². The highest BCUT2D eigenvalue weighted by molar-refractivity contribution is 6.31. The lowest BCUT2D eigenvalue weighted by atomic mass is 10.2. The molecule has 0 atom stereocenters. The van der Waals surface area contributed by atoms with Crippen LogP contribution in [0.2, 0.25) is 5.02 Å². The van der Waals surface area contributed by atoms with Gasteiger partial charge in [-0.25, -0.2) is 4.39 Å². The summed E-state index contributed by atoms with van der Waals surface area (Å²) >= 11 is 5.78. The molecule has 104 valence electrons. The second-order valence-electron chi connectivity index (χ2n) is 4.52. The van der Waals surface area contributed by atoms with E-state index >= 15 is 0 Å². The van der Waals surface area contributed by atoms with Gasteiger partial charge in [0.1, 0.15) is 5.82 Å². The first-order chi connectivity index (χ1) is 9.47. The van der Waals surface area contributed by atoms with Crippen molar-refractivity contribution in [3.8, 4) is 0 Å². The van der Waals surface area contributed by atoms with Crippen molar-refractivity contribution in [2.24, 2.45) is 0 Å². The minimum absolute atomic E-state index is 0.0762. The van der Waals surface area contributed by atoms with E-state index in [1.54, 1.807) is 12.1 Å². The van der Waals surface area contributed by atoms with Gasteiger partial charge in [-0.2, -0.15) is 0 Å². The first-order valence-corrected chi connectivity index (χ1v) is 6.39. The number of anilines is 2.